The average molecular weight is 292 g/mol. The van der Waals surface area contributed by atoms with E-state index in [1.54, 1.807) is 42.5 Å². The fourth-order valence-corrected chi connectivity index (χ4v) is 2.38. The third kappa shape index (κ3) is 4.10. The van der Waals surface area contributed by atoms with Crippen molar-refractivity contribution < 1.29 is 13.2 Å². The smallest absolute Gasteiger partial charge is 0.170 e. The molecule has 1 atom stereocenters. The lowest BCUT2D eigenvalue weighted by molar-refractivity contribution is -0.150. The van der Waals surface area contributed by atoms with E-state index >= 15 is 0 Å². The molecule has 0 fully saturated rings. The van der Waals surface area contributed by atoms with Crippen LogP contribution in [0.1, 0.15) is 42.4 Å². The Hall–Kier alpha value is -1.77. The number of halogens is 3. The summed E-state index contributed by atoms with van der Waals surface area (Å²) in [7, 11) is 0. The molecule has 0 amide bonds. The molecule has 0 radical (unpaired) electrons. The third-order valence-electron chi connectivity index (χ3n) is 3.68. The van der Waals surface area contributed by atoms with E-state index in [9.17, 15) is 13.2 Å². The number of alkyl halides is 3. The highest BCUT2D eigenvalue weighted by molar-refractivity contribution is 5.29. The van der Waals surface area contributed by atoms with E-state index < -0.39 is 12.1 Å². The van der Waals surface area contributed by atoms with Crippen LogP contribution in [0.25, 0.3) is 0 Å². The van der Waals surface area contributed by atoms with Crippen molar-refractivity contribution in [2.24, 2.45) is 0 Å². The van der Waals surface area contributed by atoms with E-state index in [4.69, 9.17) is 0 Å². The number of benzene rings is 2. The lowest BCUT2D eigenvalue weighted by atomic mass is 9.90. The first kappa shape index (κ1) is 15.6. The molecule has 0 aliphatic carbocycles. The van der Waals surface area contributed by atoms with Crippen molar-refractivity contribution in [3.8, 4) is 0 Å². The molecular weight excluding hydrogens is 273 g/mol. The van der Waals surface area contributed by atoms with Gasteiger partial charge in [0.05, 0.1) is 5.92 Å². The van der Waals surface area contributed by atoms with Gasteiger partial charge in [0, 0.05) is 0 Å². The van der Waals surface area contributed by atoms with Gasteiger partial charge in [0.2, 0.25) is 0 Å². The first-order valence-corrected chi connectivity index (χ1v) is 7.08. The minimum Gasteiger partial charge on any atom is -0.170 e. The molecule has 1 unspecified atom stereocenters. The van der Waals surface area contributed by atoms with Crippen molar-refractivity contribution in [3.05, 3.63) is 71.3 Å². The second-order valence-corrected chi connectivity index (χ2v) is 5.61. The maximum Gasteiger partial charge on any atom is 0.396 e. The van der Waals surface area contributed by atoms with Gasteiger partial charge in [-0.15, -0.1) is 0 Å². The highest BCUT2D eigenvalue weighted by Crippen LogP contribution is 2.37. The monoisotopic (exact) mass is 292 g/mol. The van der Waals surface area contributed by atoms with Crippen LogP contribution in [-0.4, -0.2) is 6.18 Å². The zero-order valence-corrected chi connectivity index (χ0v) is 12.2. The van der Waals surface area contributed by atoms with Crippen LogP contribution in [0.4, 0.5) is 13.2 Å². The Morgan fingerprint density at radius 1 is 0.810 bits per heavy atom. The molecule has 0 saturated carbocycles. The molecule has 0 aliphatic heterocycles. The number of hydrogen-bond acceptors (Lipinski definition) is 0. The van der Waals surface area contributed by atoms with Gasteiger partial charge in [0.15, 0.2) is 0 Å². The predicted octanol–water partition coefficient (Wildman–Crippen LogP) is 5.70. The molecule has 0 saturated heterocycles. The molecule has 0 nitrogen and oxygen atoms in total. The van der Waals surface area contributed by atoms with Crippen molar-refractivity contribution in [1.29, 1.82) is 0 Å². The molecular formula is C18H19F3. The molecule has 0 aliphatic rings. The zero-order valence-electron chi connectivity index (χ0n) is 12.2. The summed E-state index contributed by atoms with van der Waals surface area (Å²) in [5.41, 5.74) is 2.17. The maximum atomic E-state index is 13.3. The van der Waals surface area contributed by atoms with Crippen LogP contribution in [0, 0.1) is 0 Å². The van der Waals surface area contributed by atoms with E-state index in [1.807, 2.05) is 12.1 Å². The largest absolute Gasteiger partial charge is 0.396 e. The lowest BCUT2D eigenvalue weighted by Crippen LogP contribution is -2.23. The van der Waals surface area contributed by atoms with Crippen LogP contribution in [0.15, 0.2) is 54.6 Å². The van der Waals surface area contributed by atoms with Gasteiger partial charge in [0.1, 0.15) is 0 Å². The number of rotatable bonds is 4. The standard InChI is InChI=1S/C18H19F3/c1-13(2)15-10-8-14(9-11-15)12-17(18(19,20)21)16-6-4-3-5-7-16/h3-11,13,17H,12H2,1-2H3. The molecule has 0 aromatic heterocycles. The summed E-state index contributed by atoms with van der Waals surface area (Å²) in [6, 6.07) is 15.5. The minimum absolute atomic E-state index is 0.0219. The normalized spacial score (nSPS) is 13.4. The Bertz CT molecular complexity index is 553. The van der Waals surface area contributed by atoms with Crippen LogP contribution < -0.4 is 0 Å². The fraction of sp³-hybridized carbons (Fsp3) is 0.333. The Morgan fingerprint density at radius 2 is 1.38 bits per heavy atom. The molecule has 0 heterocycles. The van der Waals surface area contributed by atoms with Crippen LogP contribution in [0.2, 0.25) is 0 Å². The highest BCUT2D eigenvalue weighted by Gasteiger charge is 2.40. The van der Waals surface area contributed by atoms with Crippen molar-refractivity contribution >= 4 is 0 Å². The van der Waals surface area contributed by atoms with Gasteiger partial charge in [-0.3, -0.25) is 0 Å². The van der Waals surface area contributed by atoms with E-state index in [2.05, 4.69) is 13.8 Å². The third-order valence-corrected chi connectivity index (χ3v) is 3.68. The molecule has 3 heteroatoms. The quantitative estimate of drug-likeness (QED) is 0.678. The molecule has 0 spiro atoms. The molecule has 112 valence electrons. The summed E-state index contributed by atoms with van der Waals surface area (Å²) in [5.74, 6) is -1.07. The Labute approximate surface area is 123 Å². The second kappa shape index (κ2) is 6.33. The van der Waals surface area contributed by atoms with Crippen molar-refractivity contribution in [2.45, 2.75) is 38.3 Å². The van der Waals surface area contributed by atoms with Crippen LogP contribution >= 0.6 is 0 Å². The van der Waals surface area contributed by atoms with E-state index in [-0.39, 0.29) is 6.42 Å². The summed E-state index contributed by atoms with van der Waals surface area (Å²) < 4.78 is 39.9. The summed E-state index contributed by atoms with van der Waals surface area (Å²) in [6.45, 7) is 4.13. The van der Waals surface area contributed by atoms with Crippen molar-refractivity contribution in [2.75, 3.05) is 0 Å². The number of hydrogen-bond donors (Lipinski definition) is 0. The van der Waals surface area contributed by atoms with E-state index in [0.29, 0.717) is 17.0 Å². The maximum absolute atomic E-state index is 13.3. The van der Waals surface area contributed by atoms with Gasteiger partial charge >= 0.3 is 6.18 Å². The van der Waals surface area contributed by atoms with Crippen LogP contribution in [0.3, 0.4) is 0 Å². The summed E-state index contributed by atoms with van der Waals surface area (Å²) >= 11 is 0. The second-order valence-electron chi connectivity index (χ2n) is 5.61. The predicted molar refractivity (Wildman–Crippen MR) is 79.5 cm³/mol. The van der Waals surface area contributed by atoms with Crippen LogP contribution in [-0.2, 0) is 6.42 Å². The lowest BCUT2D eigenvalue weighted by Gasteiger charge is -2.21. The van der Waals surface area contributed by atoms with Gasteiger partial charge in [-0.1, -0.05) is 68.4 Å². The Balaban J connectivity index is 2.24. The zero-order chi connectivity index (χ0) is 15.5. The van der Waals surface area contributed by atoms with Gasteiger partial charge in [-0.05, 0) is 29.0 Å². The molecule has 21 heavy (non-hydrogen) atoms. The summed E-state index contributed by atoms with van der Waals surface area (Å²) in [4.78, 5) is 0. The highest BCUT2D eigenvalue weighted by atomic mass is 19.4. The Morgan fingerprint density at radius 3 is 1.86 bits per heavy atom. The minimum atomic E-state index is -4.24. The van der Waals surface area contributed by atoms with Crippen molar-refractivity contribution in [1.82, 2.24) is 0 Å². The molecule has 2 aromatic rings. The summed E-state index contributed by atoms with van der Waals surface area (Å²) in [6.07, 6.45) is -4.26. The molecule has 2 aromatic carbocycles. The van der Waals surface area contributed by atoms with Crippen LogP contribution in [0.5, 0.6) is 0 Å². The molecule has 2 rings (SSSR count). The van der Waals surface area contributed by atoms with E-state index in [0.717, 1.165) is 5.56 Å². The first-order chi connectivity index (χ1) is 9.88. The Kier molecular flexibility index (Phi) is 4.71. The molecule has 0 N–H and O–H groups in total. The van der Waals surface area contributed by atoms with Gasteiger partial charge in [-0.25, -0.2) is 0 Å². The first-order valence-electron chi connectivity index (χ1n) is 7.08. The topological polar surface area (TPSA) is 0 Å². The SMILES string of the molecule is CC(C)c1ccc(CC(c2ccccc2)C(F)(F)F)cc1. The summed E-state index contributed by atoms with van der Waals surface area (Å²) in [5, 5.41) is 0. The van der Waals surface area contributed by atoms with Gasteiger partial charge in [0.25, 0.3) is 0 Å². The van der Waals surface area contributed by atoms with E-state index in [1.165, 1.54) is 0 Å². The molecule has 0 bridgehead atoms. The van der Waals surface area contributed by atoms with Gasteiger partial charge < -0.3 is 0 Å². The fourth-order valence-electron chi connectivity index (χ4n) is 2.38. The van der Waals surface area contributed by atoms with Gasteiger partial charge in [-0.2, -0.15) is 13.2 Å². The van der Waals surface area contributed by atoms with Crippen molar-refractivity contribution in [3.63, 3.8) is 0 Å². The average Bonchev–Trinajstić information content (AvgIpc) is 2.45.